The first-order valence-electron chi connectivity index (χ1n) is 5.43. The first kappa shape index (κ1) is 12.6. The predicted octanol–water partition coefficient (Wildman–Crippen LogP) is 3.72. The van der Waals surface area contributed by atoms with Gasteiger partial charge in [-0.05, 0) is 48.9 Å². The lowest BCUT2D eigenvalue weighted by Gasteiger charge is -2.08. The number of amides is 1. The van der Waals surface area contributed by atoms with Crippen LogP contribution in [0.2, 0.25) is 0 Å². The zero-order valence-electron chi connectivity index (χ0n) is 9.77. The van der Waals surface area contributed by atoms with Gasteiger partial charge >= 0.3 is 0 Å². The lowest BCUT2D eigenvalue weighted by atomic mass is 10.1. The highest BCUT2D eigenvalue weighted by Crippen LogP contribution is 2.19. The van der Waals surface area contributed by atoms with Crippen molar-refractivity contribution in [1.29, 1.82) is 0 Å². The number of carbonyl (C=O) groups is 1. The van der Waals surface area contributed by atoms with E-state index >= 15 is 0 Å². The molecule has 92 valence electrons. The van der Waals surface area contributed by atoms with Crippen LogP contribution in [0.3, 0.4) is 0 Å². The maximum Gasteiger partial charge on any atom is 0.255 e. The van der Waals surface area contributed by atoms with E-state index in [1.165, 1.54) is 6.07 Å². The Bertz CT molecular complexity index is 596. The molecule has 4 heteroatoms. The Hall–Kier alpha value is -1.81. The molecule has 0 aliphatic heterocycles. The molecule has 0 saturated carbocycles. The van der Waals surface area contributed by atoms with E-state index in [9.17, 15) is 9.90 Å². The molecule has 0 spiro atoms. The van der Waals surface area contributed by atoms with Crippen LogP contribution >= 0.6 is 15.9 Å². The van der Waals surface area contributed by atoms with Gasteiger partial charge in [0, 0.05) is 15.7 Å². The summed E-state index contributed by atoms with van der Waals surface area (Å²) in [6.45, 7) is 1.79. The van der Waals surface area contributed by atoms with E-state index in [2.05, 4.69) is 21.2 Å². The van der Waals surface area contributed by atoms with Gasteiger partial charge in [-0.15, -0.1) is 0 Å². The minimum atomic E-state index is -0.189. The number of halogens is 1. The number of hydrogen-bond donors (Lipinski definition) is 2. The maximum absolute atomic E-state index is 12.0. The molecule has 0 bridgehead atoms. The highest BCUT2D eigenvalue weighted by molar-refractivity contribution is 9.10. The van der Waals surface area contributed by atoms with E-state index in [-0.39, 0.29) is 11.7 Å². The second-order valence-corrected chi connectivity index (χ2v) is 4.88. The van der Waals surface area contributed by atoms with Gasteiger partial charge in [-0.2, -0.15) is 0 Å². The van der Waals surface area contributed by atoms with Gasteiger partial charge in [0.2, 0.25) is 0 Å². The van der Waals surface area contributed by atoms with Crippen molar-refractivity contribution in [3.63, 3.8) is 0 Å². The van der Waals surface area contributed by atoms with Crippen LogP contribution in [0.25, 0.3) is 0 Å². The zero-order chi connectivity index (χ0) is 13.1. The van der Waals surface area contributed by atoms with Crippen molar-refractivity contribution in [3.05, 3.63) is 58.1 Å². The largest absolute Gasteiger partial charge is 0.508 e. The summed E-state index contributed by atoms with van der Waals surface area (Å²) in [5, 5.41) is 12.1. The van der Waals surface area contributed by atoms with Crippen molar-refractivity contribution in [1.82, 2.24) is 0 Å². The van der Waals surface area contributed by atoms with Crippen LogP contribution in [-0.2, 0) is 0 Å². The van der Waals surface area contributed by atoms with Gasteiger partial charge in [-0.25, -0.2) is 0 Å². The summed E-state index contributed by atoms with van der Waals surface area (Å²) in [5.74, 6) is -0.0305. The molecule has 0 unspecified atom stereocenters. The van der Waals surface area contributed by atoms with Gasteiger partial charge < -0.3 is 10.4 Å². The Morgan fingerprint density at radius 2 is 2.00 bits per heavy atom. The van der Waals surface area contributed by atoms with Gasteiger partial charge in [0.05, 0.1) is 0 Å². The Balaban J connectivity index is 2.22. The van der Waals surface area contributed by atoms with E-state index in [4.69, 9.17) is 0 Å². The zero-order valence-corrected chi connectivity index (χ0v) is 11.4. The van der Waals surface area contributed by atoms with Crippen molar-refractivity contribution in [2.45, 2.75) is 6.92 Å². The van der Waals surface area contributed by atoms with E-state index in [0.29, 0.717) is 5.56 Å². The van der Waals surface area contributed by atoms with Gasteiger partial charge in [0.25, 0.3) is 5.91 Å². The Morgan fingerprint density at radius 1 is 1.22 bits per heavy atom. The Kier molecular flexibility index (Phi) is 3.67. The van der Waals surface area contributed by atoms with Crippen LogP contribution in [0.4, 0.5) is 5.69 Å². The fourth-order valence-electron chi connectivity index (χ4n) is 1.67. The molecule has 2 aromatic rings. The van der Waals surface area contributed by atoms with Crippen LogP contribution < -0.4 is 5.32 Å². The molecule has 3 nitrogen and oxygen atoms in total. The molecule has 18 heavy (non-hydrogen) atoms. The first-order valence-corrected chi connectivity index (χ1v) is 6.22. The minimum absolute atomic E-state index is 0.159. The van der Waals surface area contributed by atoms with Gasteiger partial charge in [0.1, 0.15) is 5.75 Å². The highest BCUT2D eigenvalue weighted by atomic mass is 79.9. The van der Waals surface area contributed by atoms with Crippen molar-refractivity contribution in [2.75, 3.05) is 5.32 Å². The molecule has 0 heterocycles. The molecule has 0 saturated heterocycles. The topological polar surface area (TPSA) is 49.3 Å². The molecular formula is C14H12BrNO2. The summed E-state index contributed by atoms with van der Waals surface area (Å²) in [5.41, 5.74) is 2.01. The number of carbonyl (C=O) groups excluding carboxylic acids is 1. The minimum Gasteiger partial charge on any atom is -0.508 e. The number of aromatic hydroxyl groups is 1. The van der Waals surface area contributed by atoms with Crippen LogP contribution in [0.1, 0.15) is 15.9 Å². The quantitative estimate of drug-likeness (QED) is 0.888. The summed E-state index contributed by atoms with van der Waals surface area (Å²) in [7, 11) is 0. The molecule has 0 aliphatic rings. The van der Waals surface area contributed by atoms with E-state index < -0.39 is 0 Å². The van der Waals surface area contributed by atoms with Gasteiger partial charge in [0.15, 0.2) is 0 Å². The SMILES string of the molecule is Cc1cc(O)ccc1C(=O)Nc1cccc(Br)c1. The molecular weight excluding hydrogens is 294 g/mol. The van der Waals surface area contributed by atoms with Crippen molar-refractivity contribution in [2.24, 2.45) is 0 Å². The van der Waals surface area contributed by atoms with Crippen molar-refractivity contribution in [3.8, 4) is 5.75 Å². The highest BCUT2D eigenvalue weighted by Gasteiger charge is 2.09. The van der Waals surface area contributed by atoms with Crippen LogP contribution in [-0.4, -0.2) is 11.0 Å². The number of phenols is 1. The average molecular weight is 306 g/mol. The number of aryl methyl sites for hydroxylation is 1. The average Bonchev–Trinajstić information content (AvgIpc) is 2.28. The third-order valence-electron chi connectivity index (χ3n) is 2.54. The summed E-state index contributed by atoms with van der Waals surface area (Å²) in [6.07, 6.45) is 0. The van der Waals surface area contributed by atoms with Crippen LogP contribution in [0.15, 0.2) is 46.9 Å². The maximum atomic E-state index is 12.0. The summed E-state index contributed by atoms with van der Waals surface area (Å²) >= 11 is 3.35. The van der Waals surface area contributed by atoms with Crippen LogP contribution in [0, 0.1) is 6.92 Å². The lowest BCUT2D eigenvalue weighted by molar-refractivity contribution is 0.102. The Labute approximate surface area is 114 Å². The van der Waals surface area contributed by atoms with Gasteiger partial charge in [-0.1, -0.05) is 22.0 Å². The summed E-state index contributed by atoms with van der Waals surface area (Å²) in [4.78, 5) is 12.0. The second kappa shape index (κ2) is 5.23. The number of anilines is 1. The lowest BCUT2D eigenvalue weighted by Crippen LogP contribution is -2.13. The van der Waals surface area contributed by atoms with E-state index in [1.807, 2.05) is 24.3 Å². The normalized spacial score (nSPS) is 10.1. The summed E-state index contributed by atoms with van der Waals surface area (Å²) < 4.78 is 0.905. The molecule has 0 atom stereocenters. The third-order valence-corrected chi connectivity index (χ3v) is 3.03. The first-order chi connectivity index (χ1) is 8.56. The third kappa shape index (κ3) is 2.90. The molecule has 0 radical (unpaired) electrons. The van der Waals surface area contributed by atoms with Crippen molar-refractivity contribution >= 4 is 27.5 Å². The molecule has 1 amide bonds. The standard InChI is InChI=1S/C14H12BrNO2/c1-9-7-12(17)5-6-13(9)14(18)16-11-4-2-3-10(15)8-11/h2-8,17H,1H3,(H,16,18). The number of phenolic OH excluding ortho intramolecular Hbond substituents is 1. The smallest absolute Gasteiger partial charge is 0.255 e. The monoisotopic (exact) mass is 305 g/mol. The fourth-order valence-corrected chi connectivity index (χ4v) is 2.07. The molecule has 0 aliphatic carbocycles. The van der Waals surface area contributed by atoms with Crippen LogP contribution in [0.5, 0.6) is 5.75 Å². The fraction of sp³-hybridized carbons (Fsp3) is 0.0714. The molecule has 0 fully saturated rings. The Morgan fingerprint density at radius 3 is 2.67 bits per heavy atom. The van der Waals surface area contributed by atoms with E-state index in [1.54, 1.807) is 19.1 Å². The summed E-state index contributed by atoms with van der Waals surface area (Å²) in [6, 6.07) is 12.1. The number of hydrogen-bond acceptors (Lipinski definition) is 2. The molecule has 2 N–H and O–H groups in total. The number of benzene rings is 2. The number of nitrogens with one attached hydrogen (secondary N) is 1. The number of rotatable bonds is 2. The van der Waals surface area contributed by atoms with Crippen molar-refractivity contribution < 1.29 is 9.90 Å². The predicted molar refractivity (Wildman–Crippen MR) is 74.9 cm³/mol. The van der Waals surface area contributed by atoms with Gasteiger partial charge in [-0.3, -0.25) is 4.79 Å². The molecule has 2 rings (SSSR count). The second-order valence-electron chi connectivity index (χ2n) is 3.96. The van der Waals surface area contributed by atoms with E-state index in [0.717, 1.165) is 15.7 Å². The molecule has 2 aromatic carbocycles. The molecule has 0 aromatic heterocycles.